The van der Waals surface area contributed by atoms with Crippen molar-refractivity contribution in [1.29, 1.82) is 0 Å². The Morgan fingerprint density at radius 1 is 1.08 bits per heavy atom. The summed E-state index contributed by atoms with van der Waals surface area (Å²) in [6.45, 7) is 0.555. The molecule has 128 valence electrons. The van der Waals surface area contributed by atoms with Gasteiger partial charge >= 0.3 is 0 Å². The third kappa shape index (κ3) is 4.67. The number of halogens is 1. The van der Waals surface area contributed by atoms with Crippen LogP contribution < -0.4 is 5.32 Å². The van der Waals surface area contributed by atoms with Crippen LogP contribution >= 0.6 is 11.6 Å². The summed E-state index contributed by atoms with van der Waals surface area (Å²) in [5.41, 5.74) is 2.55. The van der Waals surface area contributed by atoms with E-state index >= 15 is 0 Å². The minimum absolute atomic E-state index is 0.109. The summed E-state index contributed by atoms with van der Waals surface area (Å²) in [6.07, 6.45) is 0.959. The van der Waals surface area contributed by atoms with Crippen LogP contribution in [0.15, 0.2) is 59.7 Å². The number of rotatable bonds is 5. The SMILES string of the molecule is O=C(CCC(=O)N1CCC(c2ccccc2)=N1)Nc1cccc(Cl)c1. The first-order valence-electron chi connectivity index (χ1n) is 8.10. The van der Waals surface area contributed by atoms with Gasteiger partial charge in [-0.15, -0.1) is 0 Å². The van der Waals surface area contributed by atoms with Crippen molar-refractivity contribution < 1.29 is 9.59 Å². The van der Waals surface area contributed by atoms with E-state index < -0.39 is 0 Å². The predicted octanol–water partition coefficient (Wildman–Crippen LogP) is 3.70. The van der Waals surface area contributed by atoms with Crippen molar-refractivity contribution in [2.75, 3.05) is 11.9 Å². The number of hydrogen-bond donors (Lipinski definition) is 1. The molecule has 5 nitrogen and oxygen atoms in total. The minimum Gasteiger partial charge on any atom is -0.326 e. The Morgan fingerprint density at radius 2 is 1.88 bits per heavy atom. The molecule has 2 aromatic carbocycles. The lowest BCUT2D eigenvalue weighted by molar-refractivity contribution is -0.132. The smallest absolute Gasteiger partial charge is 0.243 e. The van der Waals surface area contributed by atoms with E-state index in [-0.39, 0.29) is 24.7 Å². The molecule has 0 saturated carbocycles. The molecule has 0 saturated heterocycles. The number of nitrogens with one attached hydrogen (secondary N) is 1. The van der Waals surface area contributed by atoms with Crippen LogP contribution in [0.5, 0.6) is 0 Å². The molecule has 25 heavy (non-hydrogen) atoms. The molecule has 6 heteroatoms. The molecular weight excluding hydrogens is 338 g/mol. The summed E-state index contributed by atoms with van der Waals surface area (Å²) < 4.78 is 0. The van der Waals surface area contributed by atoms with Crippen molar-refractivity contribution in [3.63, 3.8) is 0 Å². The molecule has 1 heterocycles. The Labute approximate surface area is 151 Å². The van der Waals surface area contributed by atoms with Gasteiger partial charge in [0.05, 0.1) is 12.3 Å². The molecule has 0 aromatic heterocycles. The molecule has 2 amide bonds. The van der Waals surface area contributed by atoms with Gasteiger partial charge in [-0.25, -0.2) is 5.01 Å². The fourth-order valence-electron chi connectivity index (χ4n) is 2.61. The number of nitrogens with zero attached hydrogens (tertiary/aromatic N) is 2. The van der Waals surface area contributed by atoms with E-state index in [1.54, 1.807) is 24.3 Å². The topological polar surface area (TPSA) is 61.8 Å². The van der Waals surface area contributed by atoms with Gasteiger partial charge in [-0.1, -0.05) is 48.0 Å². The van der Waals surface area contributed by atoms with E-state index in [0.717, 1.165) is 17.7 Å². The van der Waals surface area contributed by atoms with Crippen molar-refractivity contribution in [3.05, 3.63) is 65.2 Å². The average Bonchev–Trinajstić information content (AvgIpc) is 3.11. The number of carbonyl (C=O) groups is 2. The van der Waals surface area contributed by atoms with Gasteiger partial charge in [0.2, 0.25) is 11.8 Å². The van der Waals surface area contributed by atoms with Crippen molar-refractivity contribution in [1.82, 2.24) is 5.01 Å². The predicted molar refractivity (Wildman–Crippen MR) is 98.6 cm³/mol. The normalized spacial score (nSPS) is 13.5. The standard InChI is InChI=1S/C19H18ClN3O2/c20-15-7-4-8-16(13-15)21-18(24)9-10-19(25)23-12-11-17(22-23)14-5-2-1-3-6-14/h1-8,13H,9-12H2,(H,21,24). The zero-order valence-electron chi connectivity index (χ0n) is 13.6. The molecule has 0 aliphatic carbocycles. The average molecular weight is 356 g/mol. The van der Waals surface area contributed by atoms with Crippen LogP contribution in [0.25, 0.3) is 0 Å². The molecule has 0 fully saturated rings. The zero-order chi connectivity index (χ0) is 17.6. The van der Waals surface area contributed by atoms with Crippen LogP contribution in [0, 0.1) is 0 Å². The third-order valence-electron chi connectivity index (χ3n) is 3.87. The first-order chi connectivity index (χ1) is 12.1. The molecule has 1 aliphatic rings. The second kappa shape index (κ2) is 7.94. The van der Waals surface area contributed by atoms with E-state index in [0.29, 0.717) is 17.3 Å². The Kier molecular flexibility index (Phi) is 5.46. The summed E-state index contributed by atoms with van der Waals surface area (Å²) in [7, 11) is 0. The number of anilines is 1. The van der Waals surface area contributed by atoms with E-state index in [1.165, 1.54) is 5.01 Å². The van der Waals surface area contributed by atoms with Gasteiger partial charge < -0.3 is 5.32 Å². The maximum absolute atomic E-state index is 12.3. The van der Waals surface area contributed by atoms with Crippen LogP contribution in [0.4, 0.5) is 5.69 Å². The largest absolute Gasteiger partial charge is 0.326 e. The molecule has 0 atom stereocenters. The van der Waals surface area contributed by atoms with Crippen LogP contribution in [-0.4, -0.2) is 29.1 Å². The molecule has 1 N–H and O–H groups in total. The first kappa shape index (κ1) is 17.2. The summed E-state index contributed by atoms with van der Waals surface area (Å²) in [4.78, 5) is 24.2. The molecule has 1 aliphatic heterocycles. The second-order valence-corrected chi connectivity index (χ2v) is 6.17. The molecule has 2 aromatic rings. The van der Waals surface area contributed by atoms with Crippen molar-refractivity contribution in [3.8, 4) is 0 Å². The van der Waals surface area contributed by atoms with Gasteiger partial charge in [0.15, 0.2) is 0 Å². The molecule has 0 radical (unpaired) electrons. The maximum atomic E-state index is 12.3. The lowest BCUT2D eigenvalue weighted by atomic mass is 10.1. The summed E-state index contributed by atoms with van der Waals surface area (Å²) in [6, 6.07) is 16.7. The van der Waals surface area contributed by atoms with Gasteiger partial charge in [-0.2, -0.15) is 5.10 Å². The number of carbonyl (C=O) groups excluding carboxylic acids is 2. The monoisotopic (exact) mass is 355 g/mol. The summed E-state index contributed by atoms with van der Waals surface area (Å²) in [5, 5.41) is 9.12. The fraction of sp³-hybridized carbons (Fsp3) is 0.211. The van der Waals surface area contributed by atoms with Crippen molar-refractivity contribution in [2.24, 2.45) is 5.10 Å². The Hall–Kier alpha value is -2.66. The number of benzene rings is 2. The minimum atomic E-state index is -0.220. The highest BCUT2D eigenvalue weighted by Crippen LogP contribution is 2.17. The molecule has 0 spiro atoms. The highest BCUT2D eigenvalue weighted by atomic mass is 35.5. The van der Waals surface area contributed by atoms with Crippen LogP contribution in [0.1, 0.15) is 24.8 Å². The molecular formula is C19H18ClN3O2. The first-order valence-corrected chi connectivity index (χ1v) is 8.48. The summed E-state index contributed by atoms with van der Waals surface area (Å²) >= 11 is 5.88. The number of amides is 2. The van der Waals surface area contributed by atoms with E-state index in [9.17, 15) is 9.59 Å². The van der Waals surface area contributed by atoms with Gasteiger partial charge in [-0.05, 0) is 23.8 Å². The fourth-order valence-corrected chi connectivity index (χ4v) is 2.80. The molecule has 3 rings (SSSR count). The van der Waals surface area contributed by atoms with E-state index in [2.05, 4.69) is 10.4 Å². The molecule has 0 bridgehead atoms. The van der Waals surface area contributed by atoms with Crippen LogP contribution in [0.3, 0.4) is 0 Å². The van der Waals surface area contributed by atoms with Gasteiger partial charge in [0, 0.05) is 30.0 Å². The Bertz CT molecular complexity index is 805. The van der Waals surface area contributed by atoms with Gasteiger partial charge in [0.25, 0.3) is 0 Å². The highest BCUT2D eigenvalue weighted by molar-refractivity contribution is 6.30. The van der Waals surface area contributed by atoms with Gasteiger partial charge in [-0.3, -0.25) is 9.59 Å². The number of hydrazone groups is 1. The van der Waals surface area contributed by atoms with E-state index in [4.69, 9.17) is 11.6 Å². The highest BCUT2D eigenvalue weighted by Gasteiger charge is 2.21. The van der Waals surface area contributed by atoms with Crippen LogP contribution in [0.2, 0.25) is 5.02 Å². The summed E-state index contributed by atoms with van der Waals surface area (Å²) in [5.74, 6) is -0.366. The van der Waals surface area contributed by atoms with Gasteiger partial charge in [0.1, 0.15) is 0 Å². The lowest BCUT2D eigenvalue weighted by Crippen LogP contribution is -2.24. The second-order valence-electron chi connectivity index (χ2n) is 5.74. The maximum Gasteiger partial charge on any atom is 0.243 e. The Morgan fingerprint density at radius 3 is 2.64 bits per heavy atom. The van der Waals surface area contributed by atoms with E-state index in [1.807, 2.05) is 30.3 Å². The number of hydrogen-bond acceptors (Lipinski definition) is 3. The Balaban J connectivity index is 1.51. The zero-order valence-corrected chi connectivity index (χ0v) is 14.4. The quantitative estimate of drug-likeness (QED) is 0.889. The third-order valence-corrected chi connectivity index (χ3v) is 4.11. The lowest BCUT2D eigenvalue weighted by Gasteiger charge is -2.11. The molecule has 0 unspecified atom stereocenters. The van der Waals surface area contributed by atoms with Crippen molar-refractivity contribution >= 4 is 34.8 Å². The van der Waals surface area contributed by atoms with Crippen LogP contribution in [-0.2, 0) is 9.59 Å². The van der Waals surface area contributed by atoms with Crippen molar-refractivity contribution in [2.45, 2.75) is 19.3 Å².